The molecule has 3 aromatic rings. The summed E-state index contributed by atoms with van der Waals surface area (Å²) < 4.78 is 5.85. The van der Waals surface area contributed by atoms with Crippen molar-refractivity contribution in [3.05, 3.63) is 95.6 Å². The largest absolute Gasteiger partial charge is 0.457 e. The van der Waals surface area contributed by atoms with Gasteiger partial charge in [-0.05, 0) is 55.0 Å². The minimum Gasteiger partial charge on any atom is -0.457 e. The molecule has 30 heavy (non-hydrogen) atoms. The van der Waals surface area contributed by atoms with Gasteiger partial charge in [-0.15, -0.1) is 0 Å². The Labute approximate surface area is 177 Å². The molecule has 0 fully saturated rings. The summed E-state index contributed by atoms with van der Waals surface area (Å²) in [6, 6.07) is 24.1. The molecule has 0 unspecified atom stereocenters. The van der Waals surface area contributed by atoms with E-state index in [0.717, 1.165) is 11.3 Å². The number of benzene rings is 3. The minimum atomic E-state index is -0.0653. The van der Waals surface area contributed by atoms with Crippen LogP contribution in [-0.2, 0) is 6.54 Å². The molecule has 0 saturated heterocycles. The lowest BCUT2D eigenvalue weighted by atomic mass is 10.1. The van der Waals surface area contributed by atoms with E-state index in [1.165, 1.54) is 0 Å². The van der Waals surface area contributed by atoms with Gasteiger partial charge in [0, 0.05) is 38.3 Å². The zero-order valence-electron chi connectivity index (χ0n) is 17.5. The van der Waals surface area contributed by atoms with Crippen LogP contribution in [-0.4, -0.2) is 42.3 Å². The molecule has 0 radical (unpaired) electrons. The molecule has 5 heteroatoms. The maximum atomic E-state index is 13.1. The lowest BCUT2D eigenvalue weighted by molar-refractivity contribution is 0.0751. The molecule has 3 aromatic carbocycles. The summed E-state index contributed by atoms with van der Waals surface area (Å²) in [6.07, 6.45) is 0. The average Bonchev–Trinajstić information content (AvgIpc) is 2.77. The Morgan fingerprint density at radius 1 is 0.767 bits per heavy atom. The Kier molecular flexibility index (Phi) is 6.86. The number of rotatable bonds is 7. The fourth-order valence-corrected chi connectivity index (χ4v) is 3.06. The van der Waals surface area contributed by atoms with Crippen molar-refractivity contribution >= 4 is 11.8 Å². The monoisotopic (exact) mass is 402 g/mol. The maximum Gasteiger partial charge on any atom is 0.254 e. The lowest BCUT2D eigenvalue weighted by Gasteiger charge is -2.21. The first-order chi connectivity index (χ1) is 14.5. The molecule has 0 aliphatic rings. The molecule has 154 valence electrons. The molecule has 0 saturated carbocycles. The predicted molar refractivity (Wildman–Crippen MR) is 118 cm³/mol. The topological polar surface area (TPSA) is 49.9 Å². The molecule has 0 atom stereocenters. The average molecular weight is 402 g/mol. The van der Waals surface area contributed by atoms with E-state index in [1.54, 1.807) is 48.2 Å². The van der Waals surface area contributed by atoms with Gasteiger partial charge in [0.05, 0.1) is 0 Å². The highest BCUT2D eigenvalue weighted by Gasteiger charge is 2.16. The van der Waals surface area contributed by atoms with E-state index < -0.39 is 0 Å². The Hall–Kier alpha value is -3.60. The number of carbonyl (C=O) groups is 2. The fraction of sp³-hybridized carbons (Fsp3) is 0.200. The number of carbonyl (C=O) groups excluding carboxylic acids is 2. The van der Waals surface area contributed by atoms with E-state index in [4.69, 9.17) is 4.74 Å². The molecule has 3 rings (SSSR count). The van der Waals surface area contributed by atoms with Gasteiger partial charge in [-0.2, -0.15) is 0 Å². The summed E-state index contributed by atoms with van der Waals surface area (Å²) in [5.74, 6) is 1.24. The zero-order valence-corrected chi connectivity index (χ0v) is 17.5. The molecule has 0 N–H and O–H groups in total. The van der Waals surface area contributed by atoms with Crippen LogP contribution in [0.3, 0.4) is 0 Å². The SMILES string of the molecule is CCN(Cc1ccc(C(=O)N(C)C)cc1)C(=O)c1cccc(Oc2ccccc2)c1. The third-order valence-electron chi connectivity index (χ3n) is 4.71. The number of amides is 2. The Balaban J connectivity index is 1.71. The Morgan fingerprint density at radius 3 is 2.07 bits per heavy atom. The van der Waals surface area contributed by atoms with Gasteiger partial charge in [0.2, 0.25) is 0 Å². The molecule has 0 spiro atoms. The van der Waals surface area contributed by atoms with Crippen molar-refractivity contribution in [1.82, 2.24) is 9.80 Å². The summed E-state index contributed by atoms with van der Waals surface area (Å²) in [5, 5.41) is 0. The van der Waals surface area contributed by atoms with Gasteiger partial charge < -0.3 is 14.5 Å². The first-order valence-corrected chi connectivity index (χ1v) is 9.90. The van der Waals surface area contributed by atoms with Crippen molar-refractivity contribution in [2.45, 2.75) is 13.5 Å². The third-order valence-corrected chi connectivity index (χ3v) is 4.71. The van der Waals surface area contributed by atoms with E-state index in [9.17, 15) is 9.59 Å². The summed E-state index contributed by atoms with van der Waals surface area (Å²) >= 11 is 0. The molecule has 0 bridgehead atoms. The van der Waals surface area contributed by atoms with Crippen LogP contribution in [0, 0.1) is 0 Å². The first kappa shape index (κ1) is 21.1. The third kappa shape index (κ3) is 5.26. The summed E-state index contributed by atoms with van der Waals surface area (Å²) in [7, 11) is 3.45. The normalized spacial score (nSPS) is 10.4. The van der Waals surface area contributed by atoms with Gasteiger partial charge >= 0.3 is 0 Å². The van der Waals surface area contributed by atoms with Gasteiger partial charge in [0.15, 0.2) is 0 Å². The quantitative estimate of drug-likeness (QED) is 0.568. The molecule has 0 heterocycles. The van der Waals surface area contributed by atoms with Crippen molar-refractivity contribution in [3.8, 4) is 11.5 Å². The second-order valence-electron chi connectivity index (χ2n) is 7.16. The summed E-state index contributed by atoms with van der Waals surface area (Å²) in [6.45, 7) is 2.99. The van der Waals surface area contributed by atoms with Crippen molar-refractivity contribution in [2.75, 3.05) is 20.6 Å². The molecule has 0 aromatic heterocycles. The fourth-order valence-electron chi connectivity index (χ4n) is 3.06. The maximum absolute atomic E-state index is 13.1. The number of nitrogens with zero attached hydrogens (tertiary/aromatic N) is 2. The van der Waals surface area contributed by atoms with Crippen LogP contribution in [0.2, 0.25) is 0 Å². The van der Waals surface area contributed by atoms with Crippen LogP contribution in [0.1, 0.15) is 33.2 Å². The van der Waals surface area contributed by atoms with E-state index in [-0.39, 0.29) is 11.8 Å². The lowest BCUT2D eigenvalue weighted by Crippen LogP contribution is -2.30. The number of para-hydroxylation sites is 1. The molecule has 0 aliphatic heterocycles. The van der Waals surface area contributed by atoms with Crippen LogP contribution in [0.5, 0.6) is 11.5 Å². The van der Waals surface area contributed by atoms with Crippen molar-refractivity contribution in [1.29, 1.82) is 0 Å². The smallest absolute Gasteiger partial charge is 0.254 e. The van der Waals surface area contributed by atoms with E-state index >= 15 is 0 Å². The highest BCUT2D eigenvalue weighted by atomic mass is 16.5. The number of ether oxygens (including phenoxy) is 1. The highest BCUT2D eigenvalue weighted by Crippen LogP contribution is 2.23. The second kappa shape index (κ2) is 9.74. The van der Waals surface area contributed by atoms with Gasteiger partial charge in [-0.3, -0.25) is 9.59 Å². The number of hydrogen-bond acceptors (Lipinski definition) is 3. The standard InChI is InChI=1S/C25H26N2O3/c1-4-27(18-19-13-15-20(16-14-19)24(28)26(2)3)25(29)21-9-8-12-23(17-21)30-22-10-6-5-7-11-22/h5-17H,4,18H2,1-3H3. The first-order valence-electron chi connectivity index (χ1n) is 9.90. The summed E-state index contributed by atoms with van der Waals surface area (Å²) in [4.78, 5) is 28.4. The van der Waals surface area contributed by atoms with E-state index in [2.05, 4.69) is 0 Å². The Bertz CT molecular complexity index is 998. The van der Waals surface area contributed by atoms with Crippen molar-refractivity contribution in [3.63, 3.8) is 0 Å². The zero-order chi connectivity index (χ0) is 21.5. The molecular formula is C25H26N2O3. The van der Waals surface area contributed by atoms with Gasteiger partial charge in [-0.1, -0.05) is 36.4 Å². The van der Waals surface area contributed by atoms with Crippen LogP contribution >= 0.6 is 0 Å². The van der Waals surface area contributed by atoms with Crippen LogP contribution in [0.25, 0.3) is 0 Å². The summed E-state index contributed by atoms with van der Waals surface area (Å²) in [5.41, 5.74) is 2.17. The molecule has 5 nitrogen and oxygen atoms in total. The van der Waals surface area contributed by atoms with Gasteiger partial charge in [0.25, 0.3) is 11.8 Å². The van der Waals surface area contributed by atoms with E-state index in [1.807, 2.05) is 61.5 Å². The second-order valence-corrected chi connectivity index (χ2v) is 7.16. The van der Waals surface area contributed by atoms with Crippen molar-refractivity contribution < 1.29 is 14.3 Å². The highest BCUT2D eigenvalue weighted by molar-refractivity contribution is 5.95. The Morgan fingerprint density at radius 2 is 1.43 bits per heavy atom. The van der Waals surface area contributed by atoms with Crippen LogP contribution < -0.4 is 4.74 Å². The van der Waals surface area contributed by atoms with Crippen LogP contribution in [0.15, 0.2) is 78.9 Å². The van der Waals surface area contributed by atoms with Crippen LogP contribution in [0.4, 0.5) is 0 Å². The molecular weight excluding hydrogens is 376 g/mol. The van der Waals surface area contributed by atoms with E-state index in [0.29, 0.717) is 30.0 Å². The number of hydrogen-bond donors (Lipinski definition) is 0. The predicted octanol–water partition coefficient (Wildman–Crippen LogP) is 4.84. The molecule has 0 aliphatic carbocycles. The molecule has 2 amide bonds. The van der Waals surface area contributed by atoms with Gasteiger partial charge in [0.1, 0.15) is 11.5 Å². The van der Waals surface area contributed by atoms with Gasteiger partial charge in [-0.25, -0.2) is 0 Å². The van der Waals surface area contributed by atoms with Crippen molar-refractivity contribution in [2.24, 2.45) is 0 Å². The minimum absolute atomic E-state index is 0.0415.